The number of hydrogen-bond donors (Lipinski definition) is 1. The van der Waals surface area contributed by atoms with E-state index in [4.69, 9.17) is 9.84 Å². The summed E-state index contributed by atoms with van der Waals surface area (Å²) in [6.07, 6.45) is -0.179. The van der Waals surface area contributed by atoms with Crippen molar-refractivity contribution in [3.05, 3.63) is 45.4 Å². The molecule has 110 valence electrons. The molecule has 0 bridgehead atoms. The predicted molar refractivity (Wildman–Crippen MR) is 79.2 cm³/mol. The Labute approximate surface area is 126 Å². The van der Waals surface area contributed by atoms with Crippen LogP contribution in [0.15, 0.2) is 23.6 Å². The molecule has 0 unspecified atom stereocenters. The maximum atomic E-state index is 12.0. The van der Waals surface area contributed by atoms with E-state index in [1.807, 2.05) is 32.0 Å². The largest absolute Gasteiger partial charge is 0.485 e. The molecular weight excluding hydrogens is 290 g/mol. The molecule has 0 amide bonds. The van der Waals surface area contributed by atoms with Crippen LogP contribution in [0, 0.1) is 13.8 Å². The number of benzene rings is 1. The molecule has 0 atom stereocenters. The van der Waals surface area contributed by atoms with Gasteiger partial charge in [-0.1, -0.05) is 17.7 Å². The Kier molecular flexibility index (Phi) is 4.70. The number of carbonyl (C=O) groups excluding carboxylic acids is 1. The van der Waals surface area contributed by atoms with Crippen molar-refractivity contribution in [3.63, 3.8) is 0 Å². The van der Waals surface area contributed by atoms with E-state index < -0.39 is 5.97 Å². The van der Waals surface area contributed by atoms with Crippen LogP contribution in [-0.2, 0) is 11.2 Å². The number of ketones is 1. The van der Waals surface area contributed by atoms with Crippen LogP contribution in [0.3, 0.4) is 0 Å². The predicted octanol–water partition coefficient (Wildman–Crippen LogP) is 2.65. The molecule has 2 aromatic rings. The summed E-state index contributed by atoms with van der Waals surface area (Å²) in [6, 6.07) is 5.73. The third kappa shape index (κ3) is 4.13. The molecule has 1 aromatic carbocycles. The van der Waals surface area contributed by atoms with Crippen LogP contribution in [0.5, 0.6) is 5.75 Å². The molecule has 0 spiro atoms. The number of carboxylic acid groups (broad SMARTS) is 1. The fourth-order valence-electron chi connectivity index (χ4n) is 1.84. The molecule has 1 aromatic heterocycles. The molecule has 0 aliphatic carbocycles. The standard InChI is InChI=1S/C15H15NO4S/c1-9-3-4-13(10(2)5-9)20-7-12(17)15-16-11(8-21-15)6-14(18)19/h3-5,8H,6-7H2,1-2H3,(H,18,19). The smallest absolute Gasteiger partial charge is 0.309 e. The van der Waals surface area contributed by atoms with E-state index >= 15 is 0 Å². The quantitative estimate of drug-likeness (QED) is 0.830. The van der Waals surface area contributed by atoms with E-state index in [2.05, 4.69) is 4.98 Å². The van der Waals surface area contributed by atoms with E-state index in [9.17, 15) is 9.59 Å². The van der Waals surface area contributed by atoms with Crippen molar-refractivity contribution in [2.45, 2.75) is 20.3 Å². The number of rotatable bonds is 6. The second kappa shape index (κ2) is 6.49. The Hall–Kier alpha value is -2.21. The second-order valence-electron chi connectivity index (χ2n) is 4.70. The summed E-state index contributed by atoms with van der Waals surface area (Å²) in [7, 11) is 0. The first kappa shape index (κ1) is 15.2. The maximum absolute atomic E-state index is 12.0. The molecule has 6 heteroatoms. The van der Waals surface area contributed by atoms with Gasteiger partial charge in [0.15, 0.2) is 11.6 Å². The van der Waals surface area contributed by atoms with Gasteiger partial charge in [0.25, 0.3) is 0 Å². The highest BCUT2D eigenvalue weighted by Crippen LogP contribution is 2.19. The summed E-state index contributed by atoms with van der Waals surface area (Å²) in [5, 5.41) is 10.5. The number of thiazole rings is 1. The number of aliphatic carboxylic acids is 1. The lowest BCUT2D eigenvalue weighted by Gasteiger charge is -2.08. The van der Waals surface area contributed by atoms with E-state index in [1.54, 1.807) is 5.38 Å². The maximum Gasteiger partial charge on any atom is 0.309 e. The minimum Gasteiger partial charge on any atom is -0.485 e. The number of carbonyl (C=O) groups is 2. The SMILES string of the molecule is Cc1ccc(OCC(=O)c2nc(CC(=O)O)cs2)c(C)c1. The van der Waals surface area contributed by atoms with Crippen molar-refractivity contribution in [3.8, 4) is 5.75 Å². The summed E-state index contributed by atoms with van der Waals surface area (Å²) >= 11 is 1.14. The zero-order chi connectivity index (χ0) is 15.4. The minimum absolute atomic E-state index is 0.107. The summed E-state index contributed by atoms with van der Waals surface area (Å²) < 4.78 is 5.50. The van der Waals surface area contributed by atoms with Crippen LogP contribution < -0.4 is 4.74 Å². The number of nitrogens with zero attached hydrogens (tertiary/aromatic N) is 1. The van der Waals surface area contributed by atoms with Crippen LogP contribution in [0.1, 0.15) is 26.6 Å². The van der Waals surface area contributed by atoms with Gasteiger partial charge in [0, 0.05) is 5.38 Å². The molecule has 0 saturated carbocycles. The van der Waals surface area contributed by atoms with Crippen molar-refractivity contribution >= 4 is 23.1 Å². The van der Waals surface area contributed by atoms with Crippen molar-refractivity contribution in [1.29, 1.82) is 0 Å². The molecule has 2 rings (SSSR count). The number of hydrogen-bond acceptors (Lipinski definition) is 5. The molecule has 0 radical (unpaired) electrons. The third-order valence-electron chi connectivity index (χ3n) is 2.81. The Morgan fingerprint density at radius 3 is 2.76 bits per heavy atom. The topological polar surface area (TPSA) is 76.5 Å². The Bertz CT molecular complexity index is 678. The van der Waals surface area contributed by atoms with E-state index in [0.717, 1.165) is 22.5 Å². The fourth-order valence-corrected chi connectivity index (χ4v) is 2.58. The van der Waals surface area contributed by atoms with Crippen LogP contribution in [-0.4, -0.2) is 28.4 Å². The second-order valence-corrected chi connectivity index (χ2v) is 5.55. The lowest BCUT2D eigenvalue weighted by molar-refractivity contribution is -0.136. The highest BCUT2D eigenvalue weighted by Gasteiger charge is 2.14. The third-order valence-corrected chi connectivity index (χ3v) is 3.74. The van der Waals surface area contributed by atoms with E-state index in [0.29, 0.717) is 11.4 Å². The average Bonchev–Trinajstić information content (AvgIpc) is 2.85. The first-order valence-corrected chi connectivity index (χ1v) is 7.23. The van der Waals surface area contributed by atoms with E-state index in [-0.39, 0.29) is 23.8 Å². The van der Waals surface area contributed by atoms with Crippen molar-refractivity contribution in [2.24, 2.45) is 0 Å². The normalized spacial score (nSPS) is 10.4. The van der Waals surface area contributed by atoms with Gasteiger partial charge in [-0.15, -0.1) is 11.3 Å². The Morgan fingerprint density at radius 1 is 1.33 bits per heavy atom. The number of ether oxygens (including phenoxy) is 1. The van der Waals surface area contributed by atoms with Gasteiger partial charge < -0.3 is 9.84 Å². The van der Waals surface area contributed by atoms with Crippen molar-refractivity contribution < 1.29 is 19.4 Å². The van der Waals surface area contributed by atoms with Crippen LogP contribution >= 0.6 is 11.3 Å². The van der Waals surface area contributed by atoms with Crippen molar-refractivity contribution in [1.82, 2.24) is 4.98 Å². The molecule has 5 nitrogen and oxygen atoms in total. The van der Waals surface area contributed by atoms with E-state index in [1.165, 1.54) is 0 Å². The Balaban J connectivity index is 1.98. The van der Waals surface area contributed by atoms with Gasteiger partial charge >= 0.3 is 5.97 Å². The van der Waals surface area contributed by atoms with Crippen LogP contribution in [0.25, 0.3) is 0 Å². The molecule has 0 aliphatic heterocycles. The van der Waals surface area contributed by atoms with Gasteiger partial charge in [-0.3, -0.25) is 9.59 Å². The molecule has 21 heavy (non-hydrogen) atoms. The summed E-state index contributed by atoms with van der Waals surface area (Å²) in [5.41, 5.74) is 2.49. The molecule has 0 saturated heterocycles. The summed E-state index contributed by atoms with van der Waals surface area (Å²) in [5.74, 6) is -0.557. The van der Waals surface area contributed by atoms with Gasteiger partial charge in [0.05, 0.1) is 12.1 Å². The zero-order valence-electron chi connectivity index (χ0n) is 11.8. The van der Waals surface area contributed by atoms with Crippen molar-refractivity contribution in [2.75, 3.05) is 6.61 Å². The zero-order valence-corrected chi connectivity index (χ0v) is 12.6. The highest BCUT2D eigenvalue weighted by atomic mass is 32.1. The number of aromatic nitrogens is 1. The lowest BCUT2D eigenvalue weighted by Crippen LogP contribution is -2.12. The van der Waals surface area contributed by atoms with Gasteiger partial charge in [-0.05, 0) is 25.5 Å². The molecule has 0 aliphatic rings. The monoisotopic (exact) mass is 305 g/mol. The highest BCUT2D eigenvalue weighted by molar-refractivity contribution is 7.11. The average molecular weight is 305 g/mol. The molecule has 0 fully saturated rings. The molecular formula is C15H15NO4S. The fraction of sp³-hybridized carbons (Fsp3) is 0.267. The lowest BCUT2D eigenvalue weighted by atomic mass is 10.1. The molecule has 1 N–H and O–H groups in total. The first-order valence-electron chi connectivity index (χ1n) is 6.35. The van der Waals surface area contributed by atoms with Crippen LogP contribution in [0.4, 0.5) is 0 Å². The number of aryl methyl sites for hydroxylation is 2. The number of carboxylic acids is 1. The van der Waals surface area contributed by atoms with Gasteiger partial charge in [-0.25, -0.2) is 4.98 Å². The molecule has 1 heterocycles. The van der Waals surface area contributed by atoms with Crippen LogP contribution in [0.2, 0.25) is 0 Å². The van der Waals surface area contributed by atoms with Gasteiger partial charge in [0.1, 0.15) is 5.75 Å². The minimum atomic E-state index is -0.967. The first-order chi connectivity index (χ1) is 9.95. The summed E-state index contributed by atoms with van der Waals surface area (Å²) in [6.45, 7) is 3.80. The summed E-state index contributed by atoms with van der Waals surface area (Å²) in [4.78, 5) is 26.6. The van der Waals surface area contributed by atoms with Gasteiger partial charge in [0.2, 0.25) is 5.78 Å². The number of Topliss-reactive ketones (excluding diaryl/α,β-unsaturated/α-hetero) is 1. The Morgan fingerprint density at radius 2 is 2.10 bits per heavy atom. The van der Waals surface area contributed by atoms with Gasteiger partial charge in [-0.2, -0.15) is 0 Å².